The Hall–Kier alpha value is -2.91. The van der Waals surface area contributed by atoms with Gasteiger partial charge in [0.15, 0.2) is 5.11 Å². The van der Waals surface area contributed by atoms with E-state index in [1.54, 1.807) is 0 Å². The molecule has 3 aromatic rings. The summed E-state index contributed by atoms with van der Waals surface area (Å²) in [6.07, 6.45) is 4.20. The molecule has 0 atom stereocenters. The predicted octanol–water partition coefficient (Wildman–Crippen LogP) is 5.67. The highest BCUT2D eigenvalue weighted by atomic mass is 32.1. The van der Waals surface area contributed by atoms with E-state index in [-0.39, 0.29) is 0 Å². The molecule has 2 N–H and O–H groups in total. The Labute approximate surface area is 147 Å². The number of thiocarbonyl (C=S) groups is 1. The minimum Gasteiger partial charge on any atom is -0.332 e. The number of anilines is 2. The van der Waals surface area contributed by atoms with Crippen molar-refractivity contribution in [1.29, 1.82) is 0 Å². The Kier molecular flexibility index (Phi) is 5.38. The van der Waals surface area contributed by atoms with Crippen LogP contribution in [-0.2, 0) is 0 Å². The topological polar surface area (TPSA) is 24.1 Å². The minimum absolute atomic E-state index is 0.578. The summed E-state index contributed by atoms with van der Waals surface area (Å²) in [6.45, 7) is 0. The van der Waals surface area contributed by atoms with Crippen LogP contribution in [0.2, 0.25) is 0 Å². The van der Waals surface area contributed by atoms with E-state index in [9.17, 15) is 0 Å². The molecule has 3 heteroatoms. The van der Waals surface area contributed by atoms with Gasteiger partial charge in [0, 0.05) is 11.4 Å². The summed E-state index contributed by atoms with van der Waals surface area (Å²) in [6, 6.07) is 28.3. The Morgan fingerprint density at radius 3 is 1.62 bits per heavy atom. The third kappa shape index (κ3) is 4.80. The number of nitrogens with one attached hydrogen (secondary N) is 2. The molecule has 0 unspecified atom stereocenters. The van der Waals surface area contributed by atoms with Crippen LogP contribution in [-0.4, -0.2) is 5.11 Å². The van der Waals surface area contributed by atoms with Crippen LogP contribution in [0, 0.1) is 0 Å². The van der Waals surface area contributed by atoms with Gasteiger partial charge in [-0.3, -0.25) is 0 Å². The summed E-state index contributed by atoms with van der Waals surface area (Å²) in [5, 5.41) is 6.92. The third-order valence-corrected chi connectivity index (χ3v) is 3.67. The van der Waals surface area contributed by atoms with Crippen LogP contribution in [0.4, 0.5) is 11.4 Å². The van der Waals surface area contributed by atoms with Gasteiger partial charge >= 0.3 is 0 Å². The van der Waals surface area contributed by atoms with Crippen molar-refractivity contribution < 1.29 is 0 Å². The molecule has 24 heavy (non-hydrogen) atoms. The molecule has 0 saturated heterocycles. The highest BCUT2D eigenvalue weighted by Gasteiger charge is 1.98. The van der Waals surface area contributed by atoms with Crippen molar-refractivity contribution >= 4 is 40.9 Å². The second-order valence-electron chi connectivity index (χ2n) is 5.31. The maximum absolute atomic E-state index is 5.33. The second-order valence-corrected chi connectivity index (χ2v) is 5.72. The van der Waals surface area contributed by atoms with Crippen molar-refractivity contribution in [3.05, 3.63) is 96.1 Å². The first kappa shape index (κ1) is 16.0. The lowest BCUT2D eigenvalue weighted by Crippen LogP contribution is -2.18. The molecule has 3 rings (SSSR count). The molecule has 0 spiro atoms. The summed E-state index contributed by atoms with van der Waals surface area (Å²) in [5.41, 5.74) is 4.26. The number of benzene rings is 3. The van der Waals surface area contributed by atoms with Crippen LogP contribution in [0.5, 0.6) is 0 Å². The van der Waals surface area contributed by atoms with Crippen LogP contribution in [0.15, 0.2) is 84.9 Å². The van der Waals surface area contributed by atoms with Gasteiger partial charge in [-0.25, -0.2) is 0 Å². The molecule has 0 aliphatic heterocycles. The number of hydrogen-bond donors (Lipinski definition) is 2. The highest BCUT2D eigenvalue weighted by molar-refractivity contribution is 7.80. The number of rotatable bonds is 4. The maximum Gasteiger partial charge on any atom is 0.175 e. The average Bonchev–Trinajstić information content (AvgIpc) is 2.63. The van der Waals surface area contributed by atoms with Crippen molar-refractivity contribution in [3.63, 3.8) is 0 Å². The van der Waals surface area contributed by atoms with Crippen molar-refractivity contribution in [2.75, 3.05) is 10.6 Å². The summed E-state index contributed by atoms with van der Waals surface area (Å²) < 4.78 is 0. The van der Waals surface area contributed by atoms with Gasteiger partial charge in [-0.2, -0.15) is 0 Å². The van der Waals surface area contributed by atoms with Crippen LogP contribution >= 0.6 is 12.2 Å². The fourth-order valence-electron chi connectivity index (χ4n) is 2.25. The second kappa shape index (κ2) is 8.09. The fourth-order valence-corrected chi connectivity index (χ4v) is 2.48. The molecule has 0 aliphatic rings. The standard InChI is InChI=1S/C21H18N2S/c24-21(22-19-9-5-2-6-10-19)23-20-15-13-18(14-16-20)12-11-17-7-3-1-4-8-17/h1-16H,(H2,22,23,24)/b12-11+. The first-order valence-corrected chi connectivity index (χ1v) is 8.17. The van der Waals surface area contributed by atoms with E-state index in [1.807, 2.05) is 60.7 Å². The van der Waals surface area contributed by atoms with Crippen LogP contribution in [0.1, 0.15) is 11.1 Å². The van der Waals surface area contributed by atoms with E-state index < -0.39 is 0 Å². The lowest BCUT2D eigenvalue weighted by Gasteiger charge is -2.10. The fraction of sp³-hybridized carbons (Fsp3) is 0. The lowest BCUT2D eigenvalue weighted by molar-refractivity contribution is 1.58. The van der Waals surface area contributed by atoms with E-state index >= 15 is 0 Å². The van der Waals surface area contributed by atoms with E-state index in [0.717, 1.165) is 16.9 Å². The minimum atomic E-state index is 0.578. The summed E-state index contributed by atoms with van der Waals surface area (Å²) in [5.74, 6) is 0. The molecule has 0 fully saturated rings. The highest BCUT2D eigenvalue weighted by Crippen LogP contribution is 2.13. The van der Waals surface area contributed by atoms with Crippen LogP contribution in [0.3, 0.4) is 0 Å². The molecular formula is C21H18N2S. The molecule has 0 saturated carbocycles. The van der Waals surface area contributed by atoms with Crippen LogP contribution in [0.25, 0.3) is 12.2 Å². The van der Waals surface area contributed by atoms with E-state index in [4.69, 9.17) is 12.2 Å². The largest absolute Gasteiger partial charge is 0.332 e. The zero-order chi connectivity index (χ0) is 16.6. The van der Waals surface area contributed by atoms with Gasteiger partial charge in [-0.05, 0) is 47.6 Å². The van der Waals surface area contributed by atoms with Gasteiger partial charge in [0.25, 0.3) is 0 Å². The van der Waals surface area contributed by atoms with E-state index in [0.29, 0.717) is 5.11 Å². The average molecular weight is 330 g/mol. The molecule has 0 bridgehead atoms. The SMILES string of the molecule is S=C(Nc1ccccc1)Nc1ccc(/C=C/c2ccccc2)cc1. The van der Waals surface area contributed by atoms with Gasteiger partial charge in [-0.15, -0.1) is 0 Å². The van der Waals surface area contributed by atoms with Crippen molar-refractivity contribution in [2.24, 2.45) is 0 Å². The summed E-state index contributed by atoms with van der Waals surface area (Å²) in [7, 11) is 0. The van der Waals surface area contributed by atoms with Gasteiger partial charge in [-0.1, -0.05) is 72.8 Å². The first-order chi connectivity index (χ1) is 11.8. The Morgan fingerprint density at radius 1 is 0.583 bits per heavy atom. The van der Waals surface area contributed by atoms with Crippen molar-refractivity contribution in [2.45, 2.75) is 0 Å². The summed E-state index contributed by atoms with van der Waals surface area (Å²) >= 11 is 5.33. The van der Waals surface area contributed by atoms with Gasteiger partial charge in [0.05, 0.1) is 0 Å². The first-order valence-electron chi connectivity index (χ1n) is 7.76. The Balaban J connectivity index is 1.58. The zero-order valence-electron chi connectivity index (χ0n) is 13.1. The smallest absolute Gasteiger partial charge is 0.175 e. The molecule has 0 aromatic heterocycles. The molecule has 2 nitrogen and oxygen atoms in total. The van der Waals surface area contributed by atoms with Crippen molar-refractivity contribution in [3.8, 4) is 0 Å². The van der Waals surface area contributed by atoms with Gasteiger partial charge in [0.1, 0.15) is 0 Å². The molecule has 0 heterocycles. The quantitative estimate of drug-likeness (QED) is 0.476. The van der Waals surface area contributed by atoms with Crippen molar-refractivity contribution in [1.82, 2.24) is 0 Å². The zero-order valence-corrected chi connectivity index (χ0v) is 14.0. The molecule has 0 aliphatic carbocycles. The Bertz CT molecular complexity index is 809. The van der Waals surface area contributed by atoms with Gasteiger partial charge < -0.3 is 10.6 Å². The van der Waals surface area contributed by atoms with Gasteiger partial charge in [0.2, 0.25) is 0 Å². The number of hydrogen-bond acceptors (Lipinski definition) is 1. The van der Waals surface area contributed by atoms with E-state index in [1.165, 1.54) is 5.56 Å². The summed E-state index contributed by atoms with van der Waals surface area (Å²) in [4.78, 5) is 0. The lowest BCUT2D eigenvalue weighted by atomic mass is 10.1. The normalized spacial score (nSPS) is 10.5. The third-order valence-electron chi connectivity index (χ3n) is 3.47. The van der Waals surface area contributed by atoms with E-state index in [2.05, 4.69) is 47.1 Å². The van der Waals surface area contributed by atoms with Crippen LogP contribution < -0.4 is 10.6 Å². The monoisotopic (exact) mass is 330 g/mol. The molecule has 118 valence electrons. The molecule has 0 radical (unpaired) electrons. The predicted molar refractivity (Wildman–Crippen MR) is 108 cm³/mol. The molecular weight excluding hydrogens is 312 g/mol. The molecule has 0 amide bonds. The maximum atomic E-state index is 5.33. The number of para-hydroxylation sites is 1. The Morgan fingerprint density at radius 2 is 1.04 bits per heavy atom. The molecule has 3 aromatic carbocycles.